The Morgan fingerprint density at radius 1 is 1.09 bits per heavy atom. The van der Waals surface area contributed by atoms with Crippen LogP contribution in [0.3, 0.4) is 0 Å². The Hall–Kier alpha value is -1.93. The van der Waals surface area contributed by atoms with Crippen LogP contribution in [0, 0.1) is 0 Å². The smallest absolute Gasteiger partial charge is 0.438 e. The molecular weight excluding hydrogens is 309 g/mol. The van der Waals surface area contributed by atoms with Crippen LogP contribution in [0.1, 0.15) is 5.69 Å². The van der Waals surface area contributed by atoms with Crippen molar-refractivity contribution in [1.82, 2.24) is 20.2 Å². The highest BCUT2D eigenvalue weighted by molar-refractivity contribution is 5.74. The minimum Gasteiger partial charge on any atom is -0.475 e. The summed E-state index contributed by atoms with van der Waals surface area (Å²) in [5.41, 5.74) is -0.483. The van der Waals surface area contributed by atoms with Crippen LogP contribution in [0.5, 0.6) is 5.88 Å². The zero-order valence-corrected chi connectivity index (χ0v) is 12.4. The lowest BCUT2D eigenvalue weighted by atomic mass is 10.3. The van der Waals surface area contributed by atoms with Crippen molar-refractivity contribution in [3.05, 3.63) is 30.0 Å². The van der Waals surface area contributed by atoms with Crippen LogP contribution in [0.25, 0.3) is 11.0 Å². The highest BCUT2D eigenvalue weighted by Crippen LogP contribution is 2.34. The number of rotatable bonds is 4. The van der Waals surface area contributed by atoms with Crippen LogP contribution in [-0.2, 0) is 6.18 Å². The SMILES string of the molecule is FC(F)(F)c1nc2ccccc2nc1OCCN1CCNCC1. The quantitative estimate of drug-likeness (QED) is 0.930. The summed E-state index contributed by atoms with van der Waals surface area (Å²) in [6, 6.07) is 6.45. The normalized spacial score (nSPS) is 16.7. The van der Waals surface area contributed by atoms with Crippen LogP contribution < -0.4 is 10.1 Å². The van der Waals surface area contributed by atoms with Gasteiger partial charge in [-0.25, -0.2) is 9.97 Å². The van der Waals surface area contributed by atoms with Gasteiger partial charge in [0.2, 0.25) is 11.6 Å². The fourth-order valence-electron chi connectivity index (χ4n) is 2.48. The number of alkyl halides is 3. The molecule has 0 radical (unpaired) electrons. The van der Waals surface area contributed by atoms with Crippen molar-refractivity contribution in [2.75, 3.05) is 39.3 Å². The third kappa shape index (κ3) is 3.89. The van der Waals surface area contributed by atoms with Gasteiger partial charge in [0.15, 0.2) is 0 Å². The fraction of sp³-hybridized carbons (Fsp3) is 0.467. The maximum absolute atomic E-state index is 13.2. The lowest BCUT2D eigenvalue weighted by Crippen LogP contribution is -2.44. The Kier molecular flexibility index (Phi) is 4.63. The Balaban J connectivity index is 1.77. The first kappa shape index (κ1) is 15.9. The lowest BCUT2D eigenvalue weighted by molar-refractivity contribution is -0.142. The molecule has 3 rings (SSSR count). The van der Waals surface area contributed by atoms with Crippen molar-refractivity contribution in [2.45, 2.75) is 6.18 Å². The number of aromatic nitrogens is 2. The van der Waals surface area contributed by atoms with Gasteiger partial charge >= 0.3 is 6.18 Å². The van der Waals surface area contributed by atoms with Gasteiger partial charge in [-0.05, 0) is 12.1 Å². The van der Waals surface area contributed by atoms with Gasteiger partial charge in [0, 0.05) is 32.7 Å². The minimum atomic E-state index is -4.60. The fourth-order valence-corrected chi connectivity index (χ4v) is 2.48. The van der Waals surface area contributed by atoms with E-state index >= 15 is 0 Å². The number of ether oxygens (including phenoxy) is 1. The molecule has 0 spiro atoms. The van der Waals surface area contributed by atoms with Gasteiger partial charge in [0.1, 0.15) is 6.61 Å². The van der Waals surface area contributed by atoms with E-state index in [1.165, 1.54) is 6.07 Å². The number of benzene rings is 1. The van der Waals surface area contributed by atoms with Crippen LogP contribution in [-0.4, -0.2) is 54.2 Å². The monoisotopic (exact) mass is 326 g/mol. The molecule has 124 valence electrons. The molecule has 23 heavy (non-hydrogen) atoms. The Labute approximate surface area is 131 Å². The number of para-hydroxylation sites is 2. The van der Waals surface area contributed by atoms with E-state index in [0.717, 1.165) is 26.2 Å². The van der Waals surface area contributed by atoms with Gasteiger partial charge in [0.25, 0.3) is 0 Å². The Morgan fingerprint density at radius 2 is 1.74 bits per heavy atom. The first-order valence-corrected chi connectivity index (χ1v) is 7.44. The van der Waals surface area contributed by atoms with Crippen molar-refractivity contribution in [3.8, 4) is 5.88 Å². The number of nitrogens with one attached hydrogen (secondary N) is 1. The van der Waals surface area contributed by atoms with Crippen LogP contribution in [0.4, 0.5) is 13.2 Å². The maximum Gasteiger partial charge on any atom is 0.438 e. The maximum atomic E-state index is 13.2. The van der Waals surface area contributed by atoms with E-state index in [1.807, 2.05) is 0 Å². The molecule has 0 atom stereocenters. The highest BCUT2D eigenvalue weighted by atomic mass is 19.4. The number of hydrogen-bond acceptors (Lipinski definition) is 5. The average molecular weight is 326 g/mol. The van der Waals surface area contributed by atoms with E-state index < -0.39 is 17.8 Å². The largest absolute Gasteiger partial charge is 0.475 e. The molecule has 0 unspecified atom stereocenters. The second-order valence-corrected chi connectivity index (χ2v) is 5.30. The molecule has 1 saturated heterocycles. The molecule has 1 aromatic heterocycles. The van der Waals surface area contributed by atoms with Gasteiger partial charge in [-0.3, -0.25) is 4.90 Å². The number of piperazine rings is 1. The molecule has 2 aromatic rings. The summed E-state index contributed by atoms with van der Waals surface area (Å²) in [6.07, 6.45) is -4.60. The molecule has 5 nitrogen and oxygen atoms in total. The Bertz CT molecular complexity index is 671. The first-order chi connectivity index (χ1) is 11.0. The van der Waals surface area contributed by atoms with E-state index in [2.05, 4.69) is 20.2 Å². The topological polar surface area (TPSA) is 50.3 Å². The van der Waals surface area contributed by atoms with Gasteiger partial charge in [-0.15, -0.1) is 0 Å². The summed E-state index contributed by atoms with van der Waals surface area (Å²) in [5, 5.41) is 3.22. The van der Waals surface area contributed by atoms with Crippen LogP contribution in [0.2, 0.25) is 0 Å². The van der Waals surface area contributed by atoms with E-state index in [9.17, 15) is 13.2 Å². The van der Waals surface area contributed by atoms with E-state index in [1.54, 1.807) is 18.2 Å². The summed E-state index contributed by atoms with van der Waals surface area (Å²) in [7, 11) is 0. The van der Waals surface area contributed by atoms with Gasteiger partial charge in [-0.2, -0.15) is 13.2 Å². The molecule has 0 aliphatic carbocycles. The van der Waals surface area contributed by atoms with Crippen molar-refractivity contribution < 1.29 is 17.9 Å². The average Bonchev–Trinajstić information content (AvgIpc) is 2.54. The zero-order chi connectivity index (χ0) is 16.3. The third-order valence-corrected chi connectivity index (χ3v) is 3.66. The van der Waals surface area contributed by atoms with Crippen molar-refractivity contribution in [3.63, 3.8) is 0 Å². The van der Waals surface area contributed by atoms with Crippen molar-refractivity contribution >= 4 is 11.0 Å². The van der Waals surface area contributed by atoms with Gasteiger partial charge < -0.3 is 10.1 Å². The third-order valence-electron chi connectivity index (χ3n) is 3.66. The van der Waals surface area contributed by atoms with Crippen LogP contribution >= 0.6 is 0 Å². The van der Waals surface area contributed by atoms with Gasteiger partial charge in [-0.1, -0.05) is 12.1 Å². The summed E-state index contributed by atoms with van der Waals surface area (Å²) in [4.78, 5) is 9.80. The second-order valence-electron chi connectivity index (χ2n) is 5.30. The van der Waals surface area contributed by atoms with E-state index in [-0.39, 0.29) is 12.1 Å². The molecule has 2 heterocycles. The lowest BCUT2D eigenvalue weighted by Gasteiger charge is -2.27. The molecule has 1 aliphatic heterocycles. The second kappa shape index (κ2) is 6.67. The van der Waals surface area contributed by atoms with Gasteiger partial charge in [0.05, 0.1) is 11.0 Å². The number of fused-ring (bicyclic) bond motifs is 1. The van der Waals surface area contributed by atoms with E-state index in [4.69, 9.17) is 4.74 Å². The summed E-state index contributed by atoms with van der Waals surface area (Å²) >= 11 is 0. The molecule has 1 N–H and O–H groups in total. The first-order valence-electron chi connectivity index (χ1n) is 7.44. The van der Waals surface area contributed by atoms with Crippen molar-refractivity contribution in [1.29, 1.82) is 0 Å². The van der Waals surface area contributed by atoms with E-state index in [0.29, 0.717) is 12.1 Å². The zero-order valence-electron chi connectivity index (χ0n) is 12.4. The summed E-state index contributed by atoms with van der Waals surface area (Å²) in [5.74, 6) is -0.452. The molecule has 0 saturated carbocycles. The predicted molar refractivity (Wildman–Crippen MR) is 79.3 cm³/mol. The van der Waals surface area contributed by atoms with Crippen molar-refractivity contribution in [2.24, 2.45) is 0 Å². The molecule has 1 aromatic carbocycles. The Morgan fingerprint density at radius 3 is 2.39 bits per heavy atom. The number of hydrogen-bond donors (Lipinski definition) is 1. The highest BCUT2D eigenvalue weighted by Gasteiger charge is 2.38. The number of nitrogens with zero attached hydrogens (tertiary/aromatic N) is 3. The minimum absolute atomic E-state index is 0.149. The molecule has 8 heteroatoms. The van der Waals surface area contributed by atoms with Crippen LogP contribution in [0.15, 0.2) is 24.3 Å². The number of halogens is 3. The molecule has 1 fully saturated rings. The molecule has 0 amide bonds. The summed E-state index contributed by atoms with van der Waals surface area (Å²) in [6.45, 7) is 4.19. The molecular formula is C15H17F3N4O. The summed E-state index contributed by atoms with van der Waals surface area (Å²) < 4.78 is 44.8. The molecule has 0 bridgehead atoms. The standard InChI is InChI=1S/C15H17F3N4O/c16-15(17,18)13-14(21-12-4-2-1-3-11(12)20-13)23-10-9-22-7-5-19-6-8-22/h1-4,19H,5-10H2. The molecule has 1 aliphatic rings. The predicted octanol–water partition coefficient (Wildman–Crippen LogP) is 1.93.